The highest BCUT2D eigenvalue weighted by Gasteiger charge is 2.39. The van der Waals surface area contributed by atoms with E-state index in [9.17, 15) is 0 Å². The Labute approximate surface area is 94.3 Å². The number of rotatable bonds is 3. The summed E-state index contributed by atoms with van der Waals surface area (Å²) in [6.45, 7) is 0.285. The van der Waals surface area contributed by atoms with Crippen LogP contribution in [0.25, 0.3) is 0 Å². The van der Waals surface area contributed by atoms with E-state index >= 15 is 0 Å². The van der Waals surface area contributed by atoms with Crippen LogP contribution < -0.4 is 19.9 Å². The Hall–Kier alpha value is -1.42. The second kappa shape index (κ2) is 3.28. The number of fused-ring (bicyclic) bond motifs is 1. The van der Waals surface area contributed by atoms with Crippen molar-refractivity contribution in [2.75, 3.05) is 13.9 Å². The van der Waals surface area contributed by atoms with Gasteiger partial charge in [0.25, 0.3) is 0 Å². The van der Waals surface area contributed by atoms with Gasteiger partial charge in [0.2, 0.25) is 6.79 Å². The summed E-state index contributed by atoms with van der Waals surface area (Å²) in [6.07, 6.45) is 3.00. The van der Waals surface area contributed by atoms with Crippen molar-refractivity contribution < 1.29 is 14.2 Å². The Morgan fingerprint density at radius 3 is 2.88 bits per heavy atom. The van der Waals surface area contributed by atoms with Crippen LogP contribution in [0.5, 0.6) is 17.2 Å². The van der Waals surface area contributed by atoms with Crippen molar-refractivity contribution in [2.45, 2.75) is 24.8 Å². The van der Waals surface area contributed by atoms with Crippen LogP contribution in [-0.2, 0) is 6.42 Å². The molecule has 0 unspecified atom stereocenters. The fourth-order valence-corrected chi connectivity index (χ4v) is 2.02. The molecule has 0 aromatic heterocycles. The molecule has 1 aromatic carbocycles. The van der Waals surface area contributed by atoms with Gasteiger partial charge >= 0.3 is 0 Å². The van der Waals surface area contributed by atoms with Gasteiger partial charge in [0.05, 0.1) is 7.11 Å². The molecule has 1 fully saturated rings. The summed E-state index contributed by atoms with van der Waals surface area (Å²) in [5.41, 5.74) is 7.18. The highest BCUT2D eigenvalue weighted by atomic mass is 16.7. The molecule has 1 saturated carbocycles. The normalized spacial score (nSPS) is 19.6. The Bertz CT molecular complexity index is 427. The third-order valence-electron chi connectivity index (χ3n) is 3.19. The number of methoxy groups -OCH3 is 1. The van der Waals surface area contributed by atoms with Crippen LogP contribution in [-0.4, -0.2) is 19.4 Å². The predicted octanol–water partition coefficient (Wildman–Crippen LogP) is 1.46. The molecule has 4 heteroatoms. The Morgan fingerprint density at radius 2 is 2.19 bits per heavy atom. The fourth-order valence-electron chi connectivity index (χ4n) is 2.02. The number of hydrogen-bond acceptors (Lipinski definition) is 4. The van der Waals surface area contributed by atoms with Crippen molar-refractivity contribution in [1.82, 2.24) is 0 Å². The first-order valence-electron chi connectivity index (χ1n) is 5.46. The minimum absolute atomic E-state index is 0.0356. The summed E-state index contributed by atoms with van der Waals surface area (Å²) < 4.78 is 16.1. The van der Waals surface area contributed by atoms with E-state index in [1.165, 1.54) is 0 Å². The van der Waals surface area contributed by atoms with Crippen molar-refractivity contribution in [3.8, 4) is 17.2 Å². The molecule has 16 heavy (non-hydrogen) atoms. The maximum absolute atomic E-state index is 6.13. The Morgan fingerprint density at radius 1 is 1.38 bits per heavy atom. The first kappa shape index (κ1) is 9.78. The highest BCUT2D eigenvalue weighted by molar-refractivity contribution is 5.53. The minimum Gasteiger partial charge on any atom is -0.497 e. The van der Waals surface area contributed by atoms with Crippen LogP contribution in [0.15, 0.2) is 12.1 Å². The third kappa shape index (κ3) is 1.59. The summed E-state index contributed by atoms with van der Waals surface area (Å²) in [4.78, 5) is 0. The maximum atomic E-state index is 6.13. The van der Waals surface area contributed by atoms with E-state index in [0.717, 1.165) is 42.1 Å². The SMILES string of the molecule is COc1cc(CC2(N)CC2)c2c(c1)OCO2. The number of nitrogens with two attached hydrogens (primary N) is 1. The summed E-state index contributed by atoms with van der Waals surface area (Å²) in [5.74, 6) is 2.39. The summed E-state index contributed by atoms with van der Waals surface area (Å²) in [6, 6.07) is 3.84. The quantitative estimate of drug-likeness (QED) is 0.839. The lowest BCUT2D eigenvalue weighted by Gasteiger charge is -2.12. The van der Waals surface area contributed by atoms with Gasteiger partial charge in [-0.2, -0.15) is 0 Å². The van der Waals surface area contributed by atoms with Gasteiger partial charge in [-0.1, -0.05) is 0 Å². The van der Waals surface area contributed by atoms with Gasteiger partial charge in [-0.15, -0.1) is 0 Å². The van der Waals surface area contributed by atoms with Crippen molar-refractivity contribution in [1.29, 1.82) is 0 Å². The topological polar surface area (TPSA) is 53.7 Å². The molecule has 2 N–H and O–H groups in total. The van der Waals surface area contributed by atoms with E-state index in [1.807, 2.05) is 12.1 Å². The molecule has 0 spiro atoms. The molecule has 1 heterocycles. The van der Waals surface area contributed by atoms with Crippen LogP contribution >= 0.6 is 0 Å². The molecule has 2 aliphatic rings. The van der Waals surface area contributed by atoms with Crippen LogP contribution in [0.2, 0.25) is 0 Å². The third-order valence-corrected chi connectivity index (χ3v) is 3.19. The van der Waals surface area contributed by atoms with E-state index in [2.05, 4.69) is 0 Å². The molecule has 86 valence electrons. The monoisotopic (exact) mass is 221 g/mol. The predicted molar refractivity (Wildman–Crippen MR) is 59.0 cm³/mol. The number of ether oxygens (including phenoxy) is 3. The van der Waals surface area contributed by atoms with Gasteiger partial charge in [0, 0.05) is 17.2 Å². The molecular weight excluding hydrogens is 206 g/mol. The summed E-state index contributed by atoms with van der Waals surface area (Å²) in [5, 5.41) is 0. The van der Waals surface area contributed by atoms with E-state index in [-0.39, 0.29) is 12.3 Å². The van der Waals surface area contributed by atoms with Crippen LogP contribution in [0.3, 0.4) is 0 Å². The number of hydrogen-bond donors (Lipinski definition) is 1. The van der Waals surface area contributed by atoms with Gasteiger partial charge in [-0.3, -0.25) is 0 Å². The first-order chi connectivity index (χ1) is 7.70. The average molecular weight is 221 g/mol. The van der Waals surface area contributed by atoms with Crippen molar-refractivity contribution in [2.24, 2.45) is 5.73 Å². The van der Waals surface area contributed by atoms with Crippen molar-refractivity contribution >= 4 is 0 Å². The lowest BCUT2D eigenvalue weighted by atomic mass is 10.0. The van der Waals surface area contributed by atoms with E-state index < -0.39 is 0 Å². The lowest BCUT2D eigenvalue weighted by molar-refractivity contribution is 0.173. The van der Waals surface area contributed by atoms with Gasteiger partial charge < -0.3 is 19.9 Å². The van der Waals surface area contributed by atoms with Crippen LogP contribution in [0, 0.1) is 0 Å². The lowest BCUT2D eigenvalue weighted by Crippen LogP contribution is -2.24. The van der Waals surface area contributed by atoms with E-state index in [1.54, 1.807) is 7.11 Å². The van der Waals surface area contributed by atoms with Crippen LogP contribution in [0.1, 0.15) is 18.4 Å². The smallest absolute Gasteiger partial charge is 0.231 e. The molecule has 1 aliphatic heterocycles. The standard InChI is InChI=1S/C12H15NO3/c1-14-9-4-8(6-12(13)2-3-12)11-10(5-9)15-7-16-11/h4-5H,2-3,6-7,13H2,1H3. The zero-order chi connectivity index (χ0) is 11.2. The fraction of sp³-hybridized carbons (Fsp3) is 0.500. The molecule has 0 bridgehead atoms. The molecule has 3 rings (SSSR count). The summed E-state index contributed by atoms with van der Waals surface area (Å²) >= 11 is 0. The largest absolute Gasteiger partial charge is 0.497 e. The second-order valence-electron chi connectivity index (χ2n) is 4.56. The molecule has 1 aromatic rings. The van der Waals surface area contributed by atoms with E-state index in [0.29, 0.717) is 0 Å². The molecule has 1 aliphatic carbocycles. The minimum atomic E-state index is -0.0356. The molecule has 0 amide bonds. The molecule has 0 atom stereocenters. The molecule has 0 radical (unpaired) electrons. The Kier molecular flexibility index (Phi) is 2.01. The molecule has 0 saturated heterocycles. The van der Waals surface area contributed by atoms with E-state index in [4.69, 9.17) is 19.9 Å². The summed E-state index contributed by atoms with van der Waals surface area (Å²) in [7, 11) is 1.65. The first-order valence-corrected chi connectivity index (χ1v) is 5.46. The second-order valence-corrected chi connectivity index (χ2v) is 4.56. The number of benzene rings is 1. The maximum Gasteiger partial charge on any atom is 0.231 e. The molecule has 4 nitrogen and oxygen atoms in total. The highest BCUT2D eigenvalue weighted by Crippen LogP contribution is 2.44. The molecular formula is C12H15NO3. The zero-order valence-corrected chi connectivity index (χ0v) is 9.29. The average Bonchev–Trinajstić information content (AvgIpc) is 2.81. The van der Waals surface area contributed by atoms with Crippen LogP contribution in [0.4, 0.5) is 0 Å². The van der Waals surface area contributed by atoms with Gasteiger partial charge in [0.15, 0.2) is 11.5 Å². The van der Waals surface area contributed by atoms with Crippen molar-refractivity contribution in [3.05, 3.63) is 17.7 Å². The van der Waals surface area contributed by atoms with Gasteiger partial charge in [-0.25, -0.2) is 0 Å². The van der Waals surface area contributed by atoms with Gasteiger partial charge in [-0.05, 0) is 25.3 Å². The van der Waals surface area contributed by atoms with Gasteiger partial charge in [0.1, 0.15) is 5.75 Å². The van der Waals surface area contributed by atoms with Crippen molar-refractivity contribution in [3.63, 3.8) is 0 Å². The zero-order valence-electron chi connectivity index (χ0n) is 9.29. The Balaban J connectivity index is 1.98.